The zero-order valence-corrected chi connectivity index (χ0v) is 19.0. The molecule has 0 saturated heterocycles. The van der Waals surface area contributed by atoms with Gasteiger partial charge in [0, 0.05) is 0 Å². The number of rotatable bonds is 4. The first-order valence-corrected chi connectivity index (χ1v) is 11.7. The van der Waals surface area contributed by atoms with Crippen molar-refractivity contribution < 1.29 is 9.59 Å². The Bertz CT molecular complexity index is 1620. The second-order valence-electron chi connectivity index (χ2n) is 8.04. The lowest BCUT2D eigenvalue weighted by atomic mass is 10.1. The summed E-state index contributed by atoms with van der Waals surface area (Å²) in [4.78, 5) is 51.1. The third-order valence-electron chi connectivity index (χ3n) is 6.10. The summed E-state index contributed by atoms with van der Waals surface area (Å²) in [7, 11) is 0. The molecule has 0 spiro atoms. The minimum Gasteiger partial charge on any atom is -0.269 e. The predicted octanol–water partition coefficient (Wildman–Crippen LogP) is 4.74. The number of carbonyl (C=O) groups excluding carboxylic acids is 2. The molecule has 7 nitrogen and oxygen atoms in total. The molecule has 3 aromatic carbocycles. The van der Waals surface area contributed by atoms with Gasteiger partial charge in [0.2, 0.25) is 0 Å². The van der Waals surface area contributed by atoms with Crippen LogP contribution in [0.3, 0.4) is 0 Å². The Morgan fingerprint density at radius 3 is 2.09 bits per heavy atom. The summed E-state index contributed by atoms with van der Waals surface area (Å²) >= 11 is 1.37. The van der Waals surface area contributed by atoms with Crippen LogP contribution in [0, 0.1) is 0 Å². The van der Waals surface area contributed by atoms with Crippen molar-refractivity contribution in [1.82, 2.24) is 19.4 Å². The normalized spacial score (nSPS) is 14.2. The molecular formula is C26H18N4O3S. The van der Waals surface area contributed by atoms with Crippen LogP contribution in [0.2, 0.25) is 0 Å². The van der Waals surface area contributed by atoms with Gasteiger partial charge in [-0.25, -0.2) is 14.5 Å². The lowest BCUT2D eigenvalue weighted by Crippen LogP contribution is -2.38. The van der Waals surface area contributed by atoms with Crippen molar-refractivity contribution in [2.24, 2.45) is 0 Å². The van der Waals surface area contributed by atoms with E-state index in [-0.39, 0.29) is 17.4 Å². The van der Waals surface area contributed by atoms with Crippen LogP contribution in [0.15, 0.2) is 77.6 Å². The largest absolute Gasteiger partial charge is 0.269 e. The highest BCUT2D eigenvalue weighted by atomic mass is 32.1. The van der Waals surface area contributed by atoms with Crippen molar-refractivity contribution in [3.8, 4) is 5.13 Å². The Labute approximate surface area is 197 Å². The van der Waals surface area contributed by atoms with Crippen LogP contribution >= 0.6 is 11.3 Å². The van der Waals surface area contributed by atoms with Crippen molar-refractivity contribution in [3.05, 3.63) is 100 Å². The lowest BCUT2D eigenvalue weighted by molar-refractivity contribution is 0.0568. The van der Waals surface area contributed by atoms with Crippen LogP contribution in [0.5, 0.6) is 0 Å². The van der Waals surface area contributed by atoms with Crippen molar-refractivity contribution >= 4 is 44.3 Å². The molecule has 1 aliphatic heterocycles. The highest BCUT2D eigenvalue weighted by Gasteiger charge is 2.41. The second kappa shape index (κ2) is 7.71. The van der Waals surface area contributed by atoms with Gasteiger partial charge < -0.3 is 0 Å². The fourth-order valence-electron chi connectivity index (χ4n) is 4.49. The monoisotopic (exact) mass is 466 g/mol. The molecule has 1 atom stereocenters. The van der Waals surface area contributed by atoms with Gasteiger partial charge >= 0.3 is 0 Å². The van der Waals surface area contributed by atoms with E-state index in [2.05, 4.69) is 4.98 Å². The van der Waals surface area contributed by atoms with E-state index >= 15 is 0 Å². The summed E-state index contributed by atoms with van der Waals surface area (Å²) in [6, 6.07) is 20.7. The molecule has 6 rings (SSSR count). The molecule has 0 bridgehead atoms. The number of hydrogen-bond donors (Lipinski definition) is 0. The first-order chi connectivity index (χ1) is 16.6. The molecule has 0 N–H and O–H groups in total. The Hall–Kier alpha value is -4.17. The van der Waals surface area contributed by atoms with Gasteiger partial charge in [0.25, 0.3) is 17.4 Å². The van der Waals surface area contributed by atoms with Gasteiger partial charge in [-0.3, -0.25) is 19.3 Å². The standard InChI is InChI=1S/C26H18N4O3S/c1-2-20(29-23(31)15-9-3-4-10-16(15)24(29)32)22-27-18-12-6-5-11-17(18)25(33)30(22)26-28-19-13-7-8-14-21(19)34-26/h3-14,20H,2H2,1H3/t20-/m0/s1. The minimum absolute atomic E-state index is 0.283. The second-order valence-corrected chi connectivity index (χ2v) is 9.05. The average Bonchev–Trinajstić information content (AvgIpc) is 3.40. The first-order valence-electron chi connectivity index (χ1n) is 10.9. The fourth-order valence-corrected chi connectivity index (χ4v) is 5.46. The molecule has 0 unspecified atom stereocenters. The van der Waals surface area contributed by atoms with Crippen molar-refractivity contribution in [1.29, 1.82) is 0 Å². The van der Waals surface area contributed by atoms with E-state index in [0.717, 1.165) is 10.2 Å². The average molecular weight is 467 g/mol. The van der Waals surface area contributed by atoms with Crippen LogP contribution in [-0.4, -0.2) is 31.2 Å². The lowest BCUT2D eigenvalue weighted by Gasteiger charge is -2.26. The Morgan fingerprint density at radius 1 is 0.794 bits per heavy atom. The van der Waals surface area contributed by atoms with E-state index < -0.39 is 6.04 Å². The quantitative estimate of drug-likeness (QED) is 0.357. The number of carbonyl (C=O) groups is 2. The maximum absolute atomic E-state index is 13.7. The molecule has 1 aliphatic rings. The molecule has 5 aromatic rings. The fraction of sp³-hybridized carbons (Fsp3) is 0.115. The molecule has 34 heavy (non-hydrogen) atoms. The van der Waals surface area contributed by atoms with Crippen LogP contribution in [-0.2, 0) is 0 Å². The molecule has 0 fully saturated rings. The van der Waals surface area contributed by atoms with Gasteiger partial charge in [0.05, 0.1) is 38.3 Å². The van der Waals surface area contributed by atoms with Crippen LogP contribution in [0.4, 0.5) is 0 Å². The number of fused-ring (bicyclic) bond motifs is 3. The number of aromatic nitrogens is 3. The Balaban J connectivity index is 1.62. The maximum atomic E-state index is 13.7. The van der Waals surface area contributed by atoms with Gasteiger partial charge in [-0.15, -0.1) is 0 Å². The molecule has 0 aliphatic carbocycles. The van der Waals surface area contributed by atoms with Gasteiger partial charge in [-0.05, 0) is 42.8 Å². The summed E-state index contributed by atoms with van der Waals surface area (Å²) in [6.45, 7) is 1.87. The molecular weight excluding hydrogens is 448 g/mol. The summed E-state index contributed by atoms with van der Waals surface area (Å²) in [6.07, 6.45) is 0.390. The van der Waals surface area contributed by atoms with Crippen LogP contribution in [0.1, 0.15) is 45.9 Å². The minimum atomic E-state index is -0.739. The number of thiazole rings is 1. The van der Waals surface area contributed by atoms with E-state index in [9.17, 15) is 14.4 Å². The summed E-state index contributed by atoms with van der Waals surface area (Å²) in [5.41, 5.74) is 1.72. The van der Waals surface area contributed by atoms with E-state index in [1.54, 1.807) is 42.5 Å². The zero-order chi connectivity index (χ0) is 23.4. The maximum Gasteiger partial charge on any atom is 0.267 e. The van der Waals surface area contributed by atoms with Crippen molar-refractivity contribution in [2.75, 3.05) is 0 Å². The van der Waals surface area contributed by atoms with Crippen LogP contribution < -0.4 is 5.56 Å². The van der Waals surface area contributed by atoms with E-state index in [0.29, 0.717) is 39.4 Å². The number of nitrogens with zero attached hydrogens (tertiary/aromatic N) is 4. The molecule has 2 amide bonds. The Morgan fingerprint density at radius 2 is 1.41 bits per heavy atom. The van der Waals surface area contributed by atoms with Crippen molar-refractivity contribution in [3.63, 3.8) is 0 Å². The topological polar surface area (TPSA) is 85.2 Å². The third-order valence-corrected chi connectivity index (χ3v) is 7.12. The predicted molar refractivity (Wildman–Crippen MR) is 130 cm³/mol. The van der Waals surface area contributed by atoms with Crippen LogP contribution in [0.25, 0.3) is 26.3 Å². The summed E-state index contributed by atoms with van der Waals surface area (Å²) in [5.74, 6) is -0.448. The molecule has 166 valence electrons. The van der Waals surface area contributed by atoms with Gasteiger partial charge in [0.15, 0.2) is 5.13 Å². The molecule has 0 radical (unpaired) electrons. The van der Waals surface area contributed by atoms with E-state index in [4.69, 9.17) is 4.98 Å². The molecule has 2 aromatic heterocycles. The van der Waals surface area contributed by atoms with Gasteiger partial charge in [-0.2, -0.15) is 0 Å². The molecule has 8 heteroatoms. The number of imide groups is 1. The SMILES string of the molecule is CC[C@@H](c1nc2ccccc2c(=O)n1-c1nc2ccccc2s1)N1C(=O)c2ccccc2C1=O. The smallest absolute Gasteiger partial charge is 0.267 e. The third kappa shape index (κ3) is 2.92. The summed E-state index contributed by atoms with van der Waals surface area (Å²) in [5, 5.41) is 0.900. The van der Waals surface area contributed by atoms with E-state index in [1.807, 2.05) is 37.3 Å². The molecule has 3 heterocycles. The number of para-hydroxylation sites is 2. The van der Waals surface area contributed by atoms with Gasteiger partial charge in [0.1, 0.15) is 5.82 Å². The first kappa shape index (κ1) is 20.4. The highest BCUT2D eigenvalue weighted by Crippen LogP contribution is 2.34. The summed E-state index contributed by atoms with van der Waals surface area (Å²) < 4.78 is 2.39. The van der Waals surface area contributed by atoms with Gasteiger partial charge in [-0.1, -0.05) is 54.7 Å². The number of benzene rings is 3. The van der Waals surface area contributed by atoms with E-state index in [1.165, 1.54) is 20.8 Å². The highest BCUT2D eigenvalue weighted by molar-refractivity contribution is 7.20. The Kier molecular flexibility index (Phi) is 4.63. The number of hydrogen-bond acceptors (Lipinski definition) is 6. The molecule has 0 saturated carbocycles. The van der Waals surface area contributed by atoms with Crippen molar-refractivity contribution in [2.45, 2.75) is 19.4 Å². The number of amides is 2. The zero-order valence-electron chi connectivity index (χ0n) is 18.1.